The summed E-state index contributed by atoms with van der Waals surface area (Å²) in [6.07, 6.45) is -0.472. The summed E-state index contributed by atoms with van der Waals surface area (Å²) in [6.45, 7) is 7.22. The molecular weight excluding hydrogens is 316 g/mol. The molecule has 3 aliphatic heterocycles. The highest BCUT2D eigenvalue weighted by Crippen LogP contribution is 2.61. The average Bonchev–Trinajstić information content (AvgIpc) is 2.99. The minimum atomic E-state index is -0.828. The maximum absolute atomic E-state index is 12.2. The van der Waals surface area contributed by atoms with Crippen LogP contribution in [0.3, 0.4) is 0 Å². The van der Waals surface area contributed by atoms with E-state index < -0.39 is 41.8 Å². The molecule has 1 spiro atoms. The molecule has 0 aromatic rings. The molecule has 0 bridgehead atoms. The van der Waals surface area contributed by atoms with E-state index in [-0.39, 0.29) is 30.0 Å². The Labute approximate surface area is 139 Å². The van der Waals surface area contributed by atoms with Crippen LogP contribution in [0.25, 0.3) is 0 Å². The van der Waals surface area contributed by atoms with Gasteiger partial charge in [0.05, 0.1) is 17.9 Å². The van der Waals surface area contributed by atoms with E-state index in [0.29, 0.717) is 6.42 Å². The van der Waals surface area contributed by atoms with Crippen LogP contribution < -0.4 is 0 Å². The second-order valence-corrected chi connectivity index (χ2v) is 7.18. The van der Waals surface area contributed by atoms with Crippen molar-refractivity contribution in [2.75, 3.05) is 6.61 Å². The lowest BCUT2D eigenvalue weighted by Gasteiger charge is -2.52. The molecule has 0 amide bonds. The number of ether oxygens (including phenoxy) is 4. The summed E-state index contributed by atoms with van der Waals surface area (Å²) in [4.78, 5) is 35.8. The Balaban J connectivity index is 1.79. The normalized spacial score (nSPS) is 46.5. The minimum Gasteiger partial charge on any atom is -0.461 e. The van der Waals surface area contributed by atoms with Gasteiger partial charge in [0.1, 0.15) is 12.2 Å². The first-order chi connectivity index (χ1) is 11.4. The van der Waals surface area contributed by atoms with Crippen molar-refractivity contribution < 1.29 is 33.3 Å². The molecule has 24 heavy (non-hydrogen) atoms. The molecule has 0 N–H and O–H groups in total. The summed E-state index contributed by atoms with van der Waals surface area (Å²) >= 11 is 0. The highest BCUT2D eigenvalue weighted by molar-refractivity contribution is 5.90. The predicted molar refractivity (Wildman–Crippen MR) is 78.2 cm³/mol. The van der Waals surface area contributed by atoms with E-state index >= 15 is 0 Å². The molecule has 130 valence electrons. The first kappa shape index (κ1) is 15.6. The number of fused-ring (bicyclic) bond motifs is 2. The standard InChI is InChI=1S/C17H20O7/c1-7-10-4-5-17-11(6-21-16(17)22-9(3)18)23-15(20)8(2)12(17)13(10)24-14(7)19/h7,10-13,16H,2,4-6H2,1,3H3/t7-,10-,11-,12+,13-,16+,17+/m0/s1. The maximum Gasteiger partial charge on any atom is 0.334 e. The van der Waals surface area contributed by atoms with E-state index in [0.717, 1.165) is 6.42 Å². The maximum atomic E-state index is 12.2. The van der Waals surface area contributed by atoms with Gasteiger partial charge in [-0.15, -0.1) is 0 Å². The van der Waals surface area contributed by atoms with E-state index in [1.54, 1.807) is 0 Å². The van der Waals surface area contributed by atoms with Crippen LogP contribution in [0.2, 0.25) is 0 Å². The molecule has 1 aliphatic carbocycles. The molecule has 0 unspecified atom stereocenters. The van der Waals surface area contributed by atoms with Gasteiger partial charge in [0.25, 0.3) is 0 Å². The molecule has 7 nitrogen and oxygen atoms in total. The third-order valence-corrected chi connectivity index (χ3v) is 6.10. The van der Waals surface area contributed by atoms with Crippen LogP contribution in [-0.4, -0.2) is 43.0 Å². The SMILES string of the molecule is C=C1C(=O)O[C@H]2CO[C@H](OC(C)=O)[C@]23CC[C@@H]2[C@H](OC(=O)[C@H]2C)[C@@H]13. The largest absolute Gasteiger partial charge is 0.461 e. The van der Waals surface area contributed by atoms with Gasteiger partial charge in [-0.1, -0.05) is 13.5 Å². The van der Waals surface area contributed by atoms with Gasteiger partial charge >= 0.3 is 17.9 Å². The molecule has 3 saturated heterocycles. The Morgan fingerprint density at radius 1 is 1.33 bits per heavy atom. The zero-order valence-electron chi connectivity index (χ0n) is 13.7. The Bertz CT molecular complexity index is 641. The number of carbonyl (C=O) groups excluding carboxylic acids is 3. The lowest BCUT2D eigenvalue weighted by molar-refractivity contribution is -0.219. The van der Waals surface area contributed by atoms with Gasteiger partial charge in [0, 0.05) is 24.3 Å². The first-order valence-corrected chi connectivity index (χ1v) is 8.25. The second-order valence-electron chi connectivity index (χ2n) is 7.18. The van der Waals surface area contributed by atoms with Crippen molar-refractivity contribution in [3.63, 3.8) is 0 Å². The molecule has 4 rings (SSSR count). The van der Waals surface area contributed by atoms with Crippen LogP contribution >= 0.6 is 0 Å². The zero-order valence-corrected chi connectivity index (χ0v) is 13.7. The predicted octanol–water partition coefficient (Wildman–Crippen LogP) is 0.962. The second kappa shape index (κ2) is 5.05. The number of hydrogen-bond donors (Lipinski definition) is 0. The van der Waals surface area contributed by atoms with Gasteiger partial charge < -0.3 is 18.9 Å². The van der Waals surface area contributed by atoms with Gasteiger partial charge in [-0.2, -0.15) is 0 Å². The van der Waals surface area contributed by atoms with Crippen molar-refractivity contribution in [2.45, 2.75) is 45.2 Å². The monoisotopic (exact) mass is 336 g/mol. The third-order valence-electron chi connectivity index (χ3n) is 6.10. The van der Waals surface area contributed by atoms with Crippen molar-refractivity contribution in [2.24, 2.45) is 23.2 Å². The van der Waals surface area contributed by atoms with Gasteiger partial charge in [-0.25, -0.2) is 4.79 Å². The molecule has 0 aromatic carbocycles. The minimum absolute atomic E-state index is 0.0232. The lowest BCUT2D eigenvalue weighted by Crippen LogP contribution is -2.60. The van der Waals surface area contributed by atoms with E-state index in [9.17, 15) is 14.4 Å². The molecule has 0 radical (unpaired) electrons. The van der Waals surface area contributed by atoms with E-state index in [1.807, 2.05) is 6.92 Å². The number of carbonyl (C=O) groups is 3. The van der Waals surface area contributed by atoms with Crippen LogP contribution in [0.5, 0.6) is 0 Å². The molecule has 4 aliphatic rings. The number of esters is 3. The summed E-state index contributed by atoms with van der Waals surface area (Å²) in [7, 11) is 0. The molecule has 4 fully saturated rings. The molecular formula is C17H20O7. The van der Waals surface area contributed by atoms with Crippen molar-refractivity contribution >= 4 is 17.9 Å². The van der Waals surface area contributed by atoms with E-state index in [1.165, 1.54) is 6.92 Å². The van der Waals surface area contributed by atoms with Gasteiger partial charge in [-0.3, -0.25) is 9.59 Å². The summed E-state index contributed by atoms with van der Waals surface area (Å²) in [5, 5.41) is 0. The number of rotatable bonds is 1. The Kier molecular flexibility index (Phi) is 3.29. The number of hydrogen-bond acceptors (Lipinski definition) is 7. The Morgan fingerprint density at radius 3 is 2.79 bits per heavy atom. The summed E-state index contributed by atoms with van der Waals surface area (Å²) in [5.74, 6) is -1.86. The van der Waals surface area contributed by atoms with Crippen LogP contribution in [-0.2, 0) is 33.3 Å². The van der Waals surface area contributed by atoms with Crippen molar-refractivity contribution in [3.8, 4) is 0 Å². The van der Waals surface area contributed by atoms with Crippen LogP contribution in [0, 0.1) is 23.2 Å². The van der Waals surface area contributed by atoms with Crippen LogP contribution in [0.1, 0.15) is 26.7 Å². The van der Waals surface area contributed by atoms with Crippen molar-refractivity contribution in [3.05, 3.63) is 12.2 Å². The third kappa shape index (κ3) is 1.84. The molecule has 7 heteroatoms. The molecule has 0 aromatic heterocycles. The highest BCUT2D eigenvalue weighted by atomic mass is 16.7. The zero-order chi connectivity index (χ0) is 17.2. The lowest BCUT2D eigenvalue weighted by atomic mass is 9.55. The quantitative estimate of drug-likeness (QED) is 0.400. The van der Waals surface area contributed by atoms with Crippen molar-refractivity contribution in [1.82, 2.24) is 0 Å². The molecule has 1 saturated carbocycles. The summed E-state index contributed by atoms with van der Waals surface area (Å²) < 4.78 is 22.2. The Morgan fingerprint density at radius 2 is 2.08 bits per heavy atom. The fraction of sp³-hybridized carbons (Fsp3) is 0.706. The average molecular weight is 336 g/mol. The molecule has 7 atom stereocenters. The first-order valence-electron chi connectivity index (χ1n) is 8.25. The summed E-state index contributed by atoms with van der Waals surface area (Å²) in [6, 6.07) is 0. The fourth-order valence-corrected chi connectivity index (χ4v) is 4.95. The van der Waals surface area contributed by atoms with E-state index in [2.05, 4.69) is 6.58 Å². The van der Waals surface area contributed by atoms with Gasteiger partial charge in [0.15, 0.2) is 0 Å². The van der Waals surface area contributed by atoms with E-state index in [4.69, 9.17) is 18.9 Å². The van der Waals surface area contributed by atoms with Gasteiger partial charge in [-0.05, 0) is 12.8 Å². The van der Waals surface area contributed by atoms with Gasteiger partial charge in [0.2, 0.25) is 6.29 Å². The van der Waals surface area contributed by atoms with Crippen LogP contribution in [0.4, 0.5) is 0 Å². The molecule has 3 heterocycles. The fourth-order valence-electron chi connectivity index (χ4n) is 4.95. The van der Waals surface area contributed by atoms with Crippen LogP contribution in [0.15, 0.2) is 12.2 Å². The van der Waals surface area contributed by atoms with Crippen molar-refractivity contribution in [1.29, 1.82) is 0 Å². The Hall–Kier alpha value is -1.89. The topological polar surface area (TPSA) is 88.1 Å². The summed E-state index contributed by atoms with van der Waals surface area (Å²) in [5.41, 5.74) is -0.465. The highest BCUT2D eigenvalue weighted by Gasteiger charge is 2.70. The smallest absolute Gasteiger partial charge is 0.334 e.